The van der Waals surface area contributed by atoms with Crippen molar-refractivity contribution in [3.63, 3.8) is 0 Å². The number of hydrogen-bond donors (Lipinski definition) is 1. The smallest absolute Gasteiger partial charge is 0.226 e. The average molecular weight is 465 g/mol. The number of benzene rings is 2. The molecule has 0 saturated heterocycles. The van der Waals surface area contributed by atoms with Crippen LogP contribution in [-0.4, -0.2) is 50.7 Å². The van der Waals surface area contributed by atoms with Crippen molar-refractivity contribution in [2.45, 2.75) is 57.4 Å². The zero-order chi connectivity index (χ0) is 24.0. The molecule has 34 heavy (non-hydrogen) atoms. The Morgan fingerprint density at radius 1 is 1.00 bits per heavy atom. The molecular formula is C29H40N2O3. The van der Waals surface area contributed by atoms with Gasteiger partial charge in [0.05, 0.1) is 14.2 Å². The molecule has 1 fully saturated rings. The lowest BCUT2D eigenvalue weighted by Gasteiger charge is -2.29. The van der Waals surface area contributed by atoms with E-state index in [9.17, 15) is 4.79 Å². The SMILES string of the molecule is COc1ccc(CCCNCCCN(C(=O)C/C=C/c2ccccc2)C2CCCC2)cc1OC. The molecule has 0 atom stereocenters. The van der Waals surface area contributed by atoms with Crippen molar-refractivity contribution < 1.29 is 14.3 Å². The summed E-state index contributed by atoms with van der Waals surface area (Å²) in [5.74, 6) is 1.80. The van der Waals surface area contributed by atoms with Crippen LogP contribution in [0.25, 0.3) is 6.08 Å². The van der Waals surface area contributed by atoms with E-state index in [0.717, 1.165) is 68.8 Å². The molecule has 0 heterocycles. The summed E-state index contributed by atoms with van der Waals surface area (Å²) in [5.41, 5.74) is 2.39. The lowest BCUT2D eigenvalue weighted by atomic mass is 10.1. The summed E-state index contributed by atoms with van der Waals surface area (Å²) < 4.78 is 10.7. The first-order chi connectivity index (χ1) is 16.7. The van der Waals surface area contributed by atoms with E-state index >= 15 is 0 Å². The molecule has 184 valence electrons. The molecule has 5 nitrogen and oxygen atoms in total. The summed E-state index contributed by atoms with van der Waals surface area (Å²) in [6.07, 6.45) is 12.3. The van der Waals surface area contributed by atoms with Crippen molar-refractivity contribution in [3.05, 3.63) is 65.7 Å². The van der Waals surface area contributed by atoms with Gasteiger partial charge in [-0.25, -0.2) is 0 Å². The van der Waals surface area contributed by atoms with Crippen LogP contribution in [0.2, 0.25) is 0 Å². The van der Waals surface area contributed by atoms with Crippen molar-refractivity contribution in [1.29, 1.82) is 0 Å². The molecule has 1 saturated carbocycles. The molecular weight excluding hydrogens is 424 g/mol. The summed E-state index contributed by atoms with van der Waals surface area (Å²) >= 11 is 0. The summed E-state index contributed by atoms with van der Waals surface area (Å²) in [7, 11) is 3.33. The first-order valence-corrected chi connectivity index (χ1v) is 12.6. The lowest BCUT2D eigenvalue weighted by molar-refractivity contribution is -0.132. The van der Waals surface area contributed by atoms with E-state index in [1.54, 1.807) is 14.2 Å². The fourth-order valence-electron chi connectivity index (χ4n) is 4.66. The maximum Gasteiger partial charge on any atom is 0.226 e. The Balaban J connectivity index is 1.37. The number of carbonyl (C=O) groups is 1. The zero-order valence-electron chi connectivity index (χ0n) is 20.8. The van der Waals surface area contributed by atoms with Gasteiger partial charge in [-0.1, -0.05) is 61.4 Å². The van der Waals surface area contributed by atoms with E-state index in [0.29, 0.717) is 12.5 Å². The summed E-state index contributed by atoms with van der Waals surface area (Å²) in [5, 5.41) is 3.55. The van der Waals surface area contributed by atoms with Crippen LogP contribution in [0.15, 0.2) is 54.6 Å². The number of nitrogens with zero attached hydrogens (tertiary/aromatic N) is 1. The fourth-order valence-corrected chi connectivity index (χ4v) is 4.66. The molecule has 5 heteroatoms. The van der Waals surface area contributed by atoms with Gasteiger partial charge < -0.3 is 19.7 Å². The van der Waals surface area contributed by atoms with Gasteiger partial charge >= 0.3 is 0 Å². The number of ether oxygens (including phenoxy) is 2. The van der Waals surface area contributed by atoms with Crippen LogP contribution in [0.3, 0.4) is 0 Å². The third-order valence-electron chi connectivity index (χ3n) is 6.51. The van der Waals surface area contributed by atoms with E-state index in [2.05, 4.69) is 34.5 Å². The van der Waals surface area contributed by atoms with Gasteiger partial charge in [0.1, 0.15) is 0 Å². The molecule has 2 aromatic carbocycles. The molecule has 3 rings (SSSR count). The molecule has 0 radical (unpaired) electrons. The molecule has 1 aliphatic carbocycles. The van der Waals surface area contributed by atoms with Crippen molar-refractivity contribution in [3.8, 4) is 11.5 Å². The Hall–Kier alpha value is -2.79. The molecule has 0 unspecified atom stereocenters. The Morgan fingerprint density at radius 3 is 2.47 bits per heavy atom. The van der Waals surface area contributed by atoms with Gasteiger partial charge in [-0.2, -0.15) is 0 Å². The van der Waals surface area contributed by atoms with E-state index in [1.165, 1.54) is 18.4 Å². The van der Waals surface area contributed by atoms with Crippen LogP contribution in [0.5, 0.6) is 11.5 Å². The Bertz CT molecular complexity index is 892. The highest BCUT2D eigenvalue weighted by Crippen LogP contribution is 2.28. The monoisotopic (exact) mass is 464 g/mol. The summed E-state index contributed by atoms with van der Waals surface area (Å²) in [6.45, 7) is 2.74. The van der Waals surface area contributed by atoms with Crippen molar-refractivity contribution >= 4 is 12.0 Å². The predicted octanol–water partition coefficient (Wildman–Crippen LogP) is 5.49. The highest BCUT2D eigenvalue weighted by atomic mass is 16.5. The number of amides is 1. The van der Waals surface area contributed by atoms with Crippen molar-refractivity contribution in [2.24, 2.45) is 0 Å². The topological polar surface area (TPSA) is 50.8 Å². The van der Waals surface area contributed by atoms with Gasteiger partial charge in [0.2, 0.25) is 5.91 Å². The molecule has 0 aromatic heterocycles. The fraction of sp³-hybridized carbons (Fsp3) is 0.483. The molecule has 2 aromatic rings. The molecule has 0 spiro atoms. The maximum absolute atomic E-state index is 13.0. The number of rotatable bonds is 14. The standard InChI is InChI=1S/C29H40N2O3/c1-33-27-19-18-25(23-28(27)34-2)14-9-20-30-21-10-22-31(26-15-6-7-16-26)29(32)17-8-13-24-11-4-3-5-12-24/h3-5,8,11-13,18-19,23,26,30H,6-7,9-10,14-17,20-22H2,1-2H3/b13-8+. The number of carbonyl (C=O) groups excluding carboxylic acids is 1. The molecule has 0 bridgehead atoms. The number of hydrogen-bond acceptors (Lipinski definition) is 4. The van der Waals surface area contributed by atoms with Crippen molar-refractivity contribution in [1.82, 2.24) is 10.2 Å². The number of nitrogens with one attached hydrogen (secondary N) is 1. The Labute approximate surface area is 205 Å². The van der Waals surface area contributed by atoms with E-state index in [-0.39, 0.29) is 5.91 Å². The van der Waals surface area contributed by atoms with Crippen LogP contribution in [0.4, 0.5) is 0 Å². The van der Waals surface area contributed by atoms with Crippen LogP contribution >= 0.6 is 0 Å². The molecule has 1 amide bonds. The highest BCUT2D eigenvalue weighted by molar-refractivity contribution is 5.79. The van der Waals surface area contributed by atoms with Crippen LogP contribution in [0.1, 0.15) is 56.1 Å². The Morgan fingerprint density at radius 2 is 1.74 bits per heavy atom. The second-order valence-electron chi connectivity index (χ2n) is 8.94. The first kappa shape index (κ1) is 25.8. The maximum atomic E-state index is 13.0. The molecule has 1 N–H and O–H groups in total. The second kappa shape index (κ2) is 14.5. The number of methoxy groups -OCH3 is 2. The van der Waals surface area contributed by atoms with Crippen LogP contribution in [0, 0.1) is 0 Å². The van der Waals surface area contributed by atoms with E-state index in [4.69, 9.17) is 9.47 Å². The minimum absolute atomic E-state index is 0.257. The summed E-state index contributed by atoms with van der Waals surface area (Å²) in [6, 6.07) is 16.7. The third-order valence-corrected chi connectivity index (χ3v) is 6.51. The number of aryl methyl sites for hydroxylation is 1. The lowest BCUT2D eigenvalue weighted by Crippen LogP contribution is -2.40. The first-order valence-electron chi connectivity index (χ1n) is 12.6. The minimum Gasteiger partial charge on any atom is -0.493 e. The Kier molecular flexibility index (Phi) is 11.0. The van der Waals surface area contributed by atoms with Gasteiger partial charge in [0.25, 0.3) is 0 Å². The average Bonchev–Trinajstić information content (AvgIpc) is 3.40. The van der Waals surface area contributed by atoms with E-state index in [1.807, 2.05) is 36.4 Å². The third kappa shape index (κ3) is 8.21. The van der Waals surface area contributed by atoms with Gasteiger partial charge in [-0.3, -0.25) is 4.79 Å². The highest BCUT2D eigenvalue weighted by Gasteiger charge is 2.25. The van der Waals surface area contributed by atoms with Gasteiger partial charge in [0, 0.05) is 19.0 Å². The van der Waals surface area contributed by atoms with Crippen LogP contribution in [-0.2, 0) is 11.2 Å². The van der Waals surface area contributed by atoms with Gasteiger partial charge in [0.15, 0.2) is 11.5 Å². The minimum atomic E-state index is 0.257. The quantitative estimate of drug-likeness (QED) is 0.376. The zero-order valence-corrected chi connectivity index (χ0v) is 20.8. The van der Waals surface area contributed by atoms with Crippen LogP contribution < -0.4 is 14.8 Å². The normalized spacial score (nSPS) is 13.9. The molecule has 0 aliphatic heterocycles. The molecule has 1 aliphatic rings. The van der Waals surface area contributed by atoms with Crippen molar-refractivity contribution in [2.75, 3.05) is 33.9 Å². The van der Waals surface area contributed by atoms with Gasteiger partial charge in [-0.05, 0) is 68.5 Å². The predicted molar refractivity (Wildman–Crippen MR) is 139 cm³/mol. The summed E-state index contributed by atoms with van der Waals surface area (Å²) in [4.78, 5) is 15.1. The van der Waals surface area contributed by atoms with E-state index < -0.39 is 0 Å². The van der Waals surface area contributed by atoms with Gasteiger partial charge in [-0.15, -0.1) is 0 Å². The largest absolute Gasteiger partial charge is 0.493 e. The second-order valence-corrected chi connectivity index (χ2v) is 8.94.